The monoisotopic (exact) mass is 396 g/mol. The van der Waals surface area contributed by atoms with E-state index in [0.29, 0.717) is 12.4 Å². The van der Waals surface area contributed by atoms with Gasteiger partial charge in [0.15, 0.2) is 0 Å². The molecule has 1 aliphatic heterocycles. The minimum atomic E-state index is -4.67. The van der Waals surface area contributed by atoms with Gasteiger partial charge < -0.3 is 14.4 Å². The van der Waals surface area contributed by atoms with E-state index in [9.17, 15) is 13.2 Å². The summed E-state index contributed by atoms with van der Waals surface area (Å²) in [7, 11) is 3.57. The average molecular weight is 396 g/mol. The number of methoxy groups -OCH3 is 1. The van der Waals surface area contributed by atoms with Crippen LogP contribution >= 0.6 is 0 Å². The van der Waals surface area contributed by atoms with E-state index in [1.54, 1.807) is 25.3 Å². The van der Waals surface area contributed by atoms with Crippen LogP contribution in [0.2, 0.25) is 0 Å². The summed E-state index contributed by atoms with van der Waals surface area (Å²) < 4.78 is 45.9. The Balaban J connectivity index is 1.60. The van der Waals surface area contributed by atoms with Crippen LogP contribution < -0.4 is 14.4 Å². The van der Waals surface area contributed by atoms with Crippen molar-refractivity contribution in [3.8, 4) is 11.6 Å². The third-order valence-corrected chi connectivity index (χ3v) is 4.79. The molecule has 9 heteroatoms. The number of benzene rings is 1. The Morgan fingerprint density at radius 1 is 1.21 bits per heavy atom. The van der Waals surface area contributed by atoms with E-state index < -0.39 is 6.36 Å². The number of piperidine rings is 1. The quantitative estimate of drug-likeness (QED) is 0.745. The van der Waals surface area contributed by atoms with Gasteiger partial charge >= 0.3 is 6.36 Å². The molecule has 0 spiro atoms. The Morgan fingerprint density at radius 2 is 1.96 bits per heavy atom. The van der Waals surface area contributed by atoms with Crippen LogP contribution in [0.4, 0.5) is 19.0 Å². The van der Waals surface area contributed by atoms with Gasteiger partial charge in [-0.1, -0.05) is 12.1 Å². The molecule has 6 nitrogen and oxygen atoms in total. The molecule has 0 bridgehead atoms. The van der Waals surface area contributed by atoms with Crippen LogP contribution in [0.25, 0.3) is 0 Å². The first-order chi connectivity index (χ1) is 13.3. The molecular formula is C19H23F3N4O2. The Morgan fingerprint density at radius 3 is 2.64 bits per heavy atom. The lowest BCUT2D eigenvalue weighted by atomic mass is 10.0. The first-order valence-corrected chi connectivity index (χ1v) is 9.00. The predicted octanol–water partition coefficient (Wildman–Crippen LogP) is 3.48. The van der Waals surface area contributed by atoms with Gasteiger partial charge in [-0.25, -0.2) is 9.97 Å². The highest BCUT2D eigenvalue weighted by Gasteiger charge is 2.31. The van der Waals surface area contributed by atoms with Crippen molar-refractivity contribution in [3.05, 3.63) is 42.2 Å². The van der Waals surface area contributed by atoms with Crippen molar-refractivity contribution in [3.63, 3.8) is 0 Å². The molecular weight excluding hydrogens is 373 g/mol. The molecule has 0 aliphatic carbocycles. The standard InChI is InChI=1S/C19H23F3N4O2/c1-25(17-10-18(27-2)24-13-23-17)15-4-3-9-26(12-15)11-14-5-7-16(8-6-14)28-19(20,21)22/h5-8,10,13,15H,3-4,9,11-12H2,1-2H3. The van der Waals surface area contributed by atoms with E-state index in [0.717, 1.165) is 37.3 Å². The Bertz CT molecular complexity index is 771. The van der Waals surface area contributed by atoms with Crippen LogP contribution in [-0.4, -0.2) is 54.5 Å². The number of nitrogens with zero attached hydrogens (tertiary/aromatic N) is 4. The molecule has 1 fully saturated rings. The van der Waals surface area contributed by atoms with Gasteiger partial charge in [-0.05, 0) is 37.1 Å². The largest absolute Gasteiger partial charge is 0.573 e. The number of likely N-dealkylation sites (N-methyl/N-ethyl adjacent to an activating group) is 1. The number of ether oxygens (including phenoxy) is 2. The minimum absolute atomic E-state index is 0.204. The van der Waals surface area contributed by atoms with Gasteiger partial charge in [0.05, 0.1) is 7.11 Å². The minimum Gasteiger partial charge on any atom is -0.481 e. The summed E-state index contributed by atoms with van der Waals surface area (Å²) in [4.78, 5) is 12.8. The van der Waals surface area contributed by atoms with Gasteiger partial charge in [-0.3, -0.25) is 4.90 Å². The third-order valence-electron chi connectivity index (χ3n) is 4.79. The van der Waals surface area contributed by atoms with Crippen LogP contribution in [0.5, 0.6) is 11.6 Å². The summed E-state index contributed by atoms with van der Waals surface area (Å²) in [5.41, 5.74) is 0.946. The molecule has 1 aromatic carbocycles. The lowest BCUT2D eigenvalue weighted by Crippen LogP contribution is -2.46. The van der Waals surface area contributed by atoms with E-state index in [4.69, 9.17) is 4.74 Å². The Kier molecular flexibility index (Phi) is 6.23. The van der Waals surface area contributed by atoms with Gasteiger partial charge in [-0.15, -0.1) is 13.2 Å². The van der Waals surface area contributed by atoms with Crippen molar-refractivity contribution in [1.29, 1.82) is 0 Å². The fourth-order valence-corrected chi connectivity index (χ4v) is 3.37. The zero-order chi connectivity index (χ0) is 20.1. The second kappa shape index (κ2) is 8.64. The van der Waals surface area contributed by atoms with Gasteiger partial charge in [0.1, 0.15) is 17.9 Å². The lowest BCUT2D eigenvalue weighted by molar-refractivity contribution is -0.274. The molecule has 2 aromatic rings. The highest BCUT2D eigenvalue weighted by Crippen LogP contribution is 2.25. The van der Waals surface area contributed by atoms with Crippen LogP contribution in [0.3, 0.4) is 0 Å². The number of likely N-dealkylation sites (tertiary alicyclic amines) is 1. The van der Waals surface area contributed by atoms with Gasteiger partial charge in [-0.2, -0.15) is 0 Å². The summed E-state index contributed by atoms with van der Waals surface area (Å²) in [6, 6.07) is 8.12. The third kappa shape index (κ3) is 5.48. The molecule has 1 unspecified atom stereocenters. The number of rotatable bonds is 6. The summed E-state index contributed by atoms with van der Waals surface area (Å²) in [5, 5.41) is 0. The fraction of sp³-hybridized carbons (Fsp3) is 0.474. The van der Waals surface area contributed by atoms with Crippen molar-refractivity contribution in [2.75, 3.05) is 32.1 Å². The second-order valence-corrected chi connectivity index (χ2v) is 6.75. The summed E-state index contributed by atoms with van der Waals surface area (Å²) in [6.07, 6.45) is -1.12. The summed E-state index contributed by atoms with van der Waals surface area (Å²) in [5.74, 6) is 1.11. The fourth-order valence-electron chi connectivity index (χ4n) is 3.37. The molecule has 1 atom stereocenters. The van der Waals surface area contributed by atoms with E-state index in [2.05, 4.69) is 24.5 Å². The molecule has 0 saturated carbocycles. The molecule has 1 aliphatic rings. The summed E-state index contributed by atoms with van der Waals surface area (Å²) in [6.45, 7) is 2.45. The van der Waals surface area contributed by atoms with Crippen molar-refractivity contribution in [2.24, 2.45) is 0 Å². The van der Waals surface area contributed by atoms with Crippen molar-refractivity contribution in [2.45, 2.75) is 31.8 Å². The number of halogens is 3. The number of anilines is 1. The highest BCUT2D eigenvalue weighted by molar-refractivity contribution is 5.41. The van der Waals surface area contributed by atoms with Crippen molar-refractivity contribution in [1.82, 2.24) is 14.9 Å². The smallest absolute Gasteiger partial charge is 0.481 e. The maximum atomic E-state index is 12.3. The molecule has 1 aromatic heterocycles. The van der Waals surface area contributed by atoms with E-state index in [1.165, 1.54) is 18.5 Å². The number of aromatic nitrogens is 2. The average Bonchev–Trinajstić information content (AvgIpc) is 2.68. The lowest BCUT2D eigenvalue weighted by Gasteiger charge is -2.38. The first-order valence-electron chi connectivity index (χ1n) is 9.00. The van der Waals surface area contributed by atoms with Gasteiger partial charge in [0.25, 0.3) is 0 Å². The maximum Gasteiger partial charge on any atom is 0.573 e. The molecule has 0 radical (unpaired) electrons. The second-order valence-electron chi connectivity index (χ2n) is 6.75. The number of hydrogen-bond donors (Lipinski definition) is 0. The molecule has 0 N–H and O–H groups in total. The maximum absolute atomic E-state index is 12.3. The molecule has 1 saturated heterocycles. The molecule has 2 heterocycles. The van der Waals surface area contributed by atoms with Crippen LogP contribution in [0, 0.1) is 0 Å². The topological polar surface area (TPSA) is 50.7 Å². The SMILES string of the molecule is COc1cc(N(C)C2CCCN(Cc3ccc(OC(F)(F)F)cc3)C2)ncn1. The Labute approximate surface area is 161 Å². The highest BCUT2D eigenvalue weighted by atomic mass is 19.4. The van der Waals surface area contributed by atoms with Gasteiger partial charge in [0.2, 0.25) is 5.88 Å². The van der Waals surface area contributed by atoms with Crippen LogP contribution in [-0.2, 0) is 6.54 Å². The van der Waals surface area contributed by atoms with E-state index >= 15 is 0 Å². The van der Waals surface area contributed by atoms with Crippen molar-refractivity contribution < 1.29 is 22.6 Å². The van der Waals surface area contributed by atoms with E-state index in [-0.39, 0.29) is 11.8 Å². The number of alkyl halides is 3. The van der Waals surface area contributed by atoms with Crippen LogP contribution in [0.15, 0.2) is 36.7 Å². The molecule has 3 rings (SSSR count). The normalized spacial score (nSPS) is 18.0. The summed E-state index contributed by atoms with van der Waals surface area (Å²) >= 11 is 0. The zero-order valence-corrected chi connectivity index (χ0v) is 15.8. The predicted molar refractivity (Wildman–Crippen MR) is 98.4 cm³/mol. The van der Waals surface area contributed by atoms with Gasteiger partial charge in [0, 0.05) is 32.2 Å². The first kappa shape index (κ1) is 20.2. The molecule has 0 amide bonds. The molecule has 28 heavy (non-hydrogen) atoms. The molecule has 152 valence electrons. The van der Waals surface area contributed by atoms with Crippen LogP contribution in [0.1, 0.15) is 18.4 Å². The number of hydrogen-bond acceptors (Lipinski definition) is 6. The Hall–Kier alpha value is -2.55. The van der Waals surface area contributed by atoms with E-state index in [1.807, 2.05) is 7.05 Å². The van der Waals surface area contributed by atoms with Crippen molar-refractivity contribution >= 4 is 5.82 Å². The zero-order valence-electron chi connectivity index (χ0n) is 15.8.